The van der Waals surface area contributed by atoms with E-state index in [0.29, 0.717) is 12.8 Å². The van der Waals surface area contributed by atoms with Crippen molar-refractivity contribution in [3.8, 4) is 0 Å². The van der Waals surface area contributed by atoms with Gasteiger partial charge in [0.25, 0.3) is 5.91 Å². The summed E-state index contributed by atoms with van der Waals surface area (Å²) in [6.45, 7) is 6.51. The van der Waals surface area contributed by atoms with Gasteiger partial charge in [0, 0.05) is 25.8 Å². The third kappa shape index (κ3) is 5.17. The van der Waals surface area contributed by atoms with Gasteiger partial charge < -0.3 is 10.1 Å². The SMILES string of the molecule is Cc1cc(C)c(NC(=O)C2([P+]3(CC(=O)OCc4ccccc4)CCCCCC3)CC2)c(C)c1. The summed E-state index contributed by atoms with van der Waals surface area (Å²) in [6.07, 6.45) is 8.97. The third-order valence-corrected chi connectivity index (χ3v) is 13.2. The highest BCUT2D eigenvalue weighted by atomic mass is 31.2. The first-order chi connectivity index (χ1) is 15.9. The van der Waals surface area contributed by atoms with E-state index in [1.165, 1.54) is 18.4 Å². The smallest absolute Gasteiger partial charge is 0.344 e. The van der Waals surface area contributed by atoms with Crippen molar-refractivity contribution in [3.05, 3.63) is 64.7 Å². The molecule has 2 aromatic carbocycles. The van der Waals surface area contributed by atoms with E-state index in [4.69, 9.17) is 4.74 Å². The van der Waals surface area contributed by atoms with E-state index in [9.17, 15) is 9.59 Å². The number of ether oxygens (including phenoxy) is 1. The zero-order chi connectivity index (χ0) is 23.5. The minimum atomic E-state index is -1.82. The number of hydrogen-bond donors (Lipinski definition) is 1. The molecule has 1 aliphatic heterocycles. The van der Waals surface area contributed by atoms with Crippen LogP contribution in [0, 0.1) is 20.8 Å². The Morgan fingerprint density at radius 3 is 2.12 bits per heavy atom. The molecule has 1 saturated heterocycles. The molecule has 2 aromatic rings. The third-order valence-electron chi connectivity index (χ3n) is 7.57. The molecular formula is C28H37NO3P+. The molecule has 4 nitrogen and oxygen atoms in total. The van der Waals surface area contributed by atoms with E-state index in [0.717, 1.165) is 60.4 Å². The number of aryl methyl sites for hydroxylation is 3. The highest BCUT2D eigenvalue weighted by Crippen LogP contribution is 2.79. The van der Waals surface area contributed by atoms with Crippen LogP contribution in [0.3, 0.4) is 0 Å². The van der Waals surface area contributed by atoms with Crippen molar-refractivity contribution in [1.82, 2.24) is 0 Å². The average molecular weight is 467 g/mol. The molecule has 0 bridgehead atoms. The number of carbonyl (C=O) groups is 2. The largest absolute Gasteiger partial charge is 0.458 e. The standard InChI is InChI=1S/C28H36NO3P/c1-21-17-22(2)26(23(3)18-21)29-27(31)28(13-14-28)33(15-9-4-5-10-16-33)20-25(30)32-19-24-11-7-6-8-12-24/h6-8,11-12,17-18H,4-5,9-10,13-16,19-20H2,1-3H3/p+1. The van der Waals surface area contributed by atoms with E-state index in [1.807, 2.05) is 30.3 Å². The highest BCUT2D eigenvalue weighted by molar-refractivity contribution is 7.79. The molecule has 0 radical (unpaired) electrons. The lowest BCUT2D eigenvalue weighted by Crippen LogP contribution is -2.38. The van der Waals surface area contributed by atoms with Crippen molar-refractivity contribution in [2.24, 2.45) is 0 Å². The lowest BCUT2D eigenvalue weighted by atomic mass is 10.0. The topological polar surface area (TPSA) is 55.4 Å². The first-order valence-corrected chi connectivity index (χ1v) is 14.6. The summed E-state index contributed by atoms with van der Waals surface area (Å²) in [6, 6.07) is 14.1. The van der Waals surface area contributed by atoms with Crippen LogP contribution in [-0.4, -0.2) is 35.5 Å². The number of carbonyl (C=O) groups excluding carboxylic acids is 2. The predicted octanol–water partition coefficient (Wildman–Crippen LogP) is 6.42. The molecule has 1 saturated carbocycles. The van der Waals surface area contributed by atoms with E-state index in [2.05, 4.69) is 38.2 Å². The van der Waals surface area contributed by atoms with Crippen LogP contribution in [0.2, 0.25) is 0 Å². The number of benzene rings is 2. The number of nitrogens with one attached hydrogen (secondary N) is 1. The molecular weight excluding hydrogens is 429 g/mol. The zero-order valence-corrected chi connectivity index (χ0v) is 21.2. The monoisotopic (exact) mass is 466 g/mol. The van der Waals surface area contributed by atoms with Crippen LogP contribution in [0.1, 0.15) is 60.8 Å². The Morgan fingerprint density at radius 2 is 1.55 bits per heavy atom. The Labute approximate surface area is 198 Å². The second-order valence-corrected chi connectivity index (χ2v) is 14.4. The number of anilines is 1. The molecule has 0 atom stereocenters. The minimum absolute atomic E-state index is 0.129. The number of hydrogen-bond acceptors (Lipinski definition) is 3. The summed E-state index contributed by atoms with van der Waals surface area (Å²) in [7, 11) is -1.82. The Bertz CT molecular complexity index is 982. The van der Waals surface area contributed by atoms with E-state index in [-0.39, 0.29) is 17.0 Å². The second-order valence-electron chi connectivity index (χ2n) is 10.1. The Kier molecular flexibility index (Phi) is 7.24. The van der Waals surface area contributed by atoms with Gasteiger partial charge >= 0.3 is 5.97 Å². The number of esters is 1. The summed E-state index contributed by atoms with van der Waals surface area (Å²) >= 11 is 0. The maximum Gasteiger partial charge on any atom is 0.344 e. The van der Waals surface area contributed by atoms with Crippen molar-refractivity contribution < 1.29 is 14.3 Å². The van der Waals surface area contributed by atoms with Crippen molar-refractivity contribution >= 4 is 24.8 Å². The van der Waals surface area contributed by atoms with Crippen LogP contribution in [-0.2, 0) is 20.9 Å². The zero-order valence-electron chi connectivity index (χ0n) is 20.3. The maximum absolute atomic E-state index is 13.8. The van der Waals surface area contributed by atoms with Gasteiger partial charge in [0.15, 0.2) is 11.3 Å². The van der Waals surface area contributed by atoms with Crippen molar-refractivity contribution in [2.45, 2.75) is 71.1 Å². The van der Waals surface area contributed by atoms with Crippen molar-refractivity contribution in [2.75, 3.05) is 23.8 Å². The Morgan fingerprint density at radius 1 is 0.939 bits per heavy atom. The van der Waals surface area contributed by atoms with Crippen LogP contribution in [0.25, 0.3) is 0 Å². The molecule has 1 heterocycles. The molecule has 2 fully saturated rings. The molecule has 0 unspecified atom stereocenters. The van der Waals surface area contributed by atoms with Crippen LogP contribution in [0.15, 0.2) is 42.5 Å². The first kappa shape index (κ1) is 24.0. The summed E-state index contributed by atoms with van der Waals surface area (Å²) in [4.78, 5) is 26.9. The van der Waals surface area contributed by atoms with Crippen LogP contribution < -0.4 is 5.32 Å². The molecule has 1 aliphatic carbocycles. The van der Waals surface area contributed by atoms with Crippen LogP contribution in [0.5, 0.6) is 0 Å². The molecule has 0 aromatic heterocycles. The molecule has 33 heavy (non-hydrogen) atoms. The normalized spacial score (nSPS) is 18.8. The highest BCUT2D eigenvalue weighted by Gasteiger charge is 2.70. The Hall–Kier alpha value is -2.19. The predicted molar refractivity (Wildman–Crippen MR) is 137 cm³/mol. The van der Waals surface area contributed by atoms with Gasteiger partial charge in [-0.05, 0) is 63.1 Å². The quantitative estimate of drug-likeness (QED) is 0.378. The first-order valence-electron chi connectivity index (χ1n) is 12.3. The van der Waals surface area contributed by atoms with Crippen molar-refractivity contribution in [1.29, 1.82) is 0 Å². The molecule has 2 aliphatic rings. The molecule has 5 heteroatoms. The van der Waals surface area contributed by atoms with Crippen molar-refractivity contribution in [3.63, 3.8) is 0 Å². The van der Waals surface area contributed by atoms with E-state index in [1.54, 1.807) is 0 Å². The van der Waals surface area contributed by atoms with Gasteiger partial charge in [0.1, 0.15) is 6.61 Å². The molecule has 1 amide bonds. The second kappa shape index (κ2) is 9.97. The fourth-order valence-corrected chi connectivity index (χ4v) is 11.2. The minimum Gasteiger partial charge on any atom is -0.458 e. The van der Waals surface area contributed by atoms with Gasteiger partial charge in [-0.3, -0.25) is 4.79 Å². The summed E-state index contributed by atoms with van der Waals surface area (Å²) in [5.41, 5.74) is 5.36. The van der Waals surface area contributed by atoms with Crippen LogP contribution >= 0.6 is 7.26 Å². The molecule has 176 valence electrons. The lowest BCUT2D eigenvalue weighted by Gasteiger charge is -2.33. The number of rotatable bonds is 7. The molecule has 0 spiro atoms. The lowest BCUT2D eigenvalue weighted by molar-refractivity contribution is -0.141. The summed E-state index contributed by atoms with van der Waals surface area (Å²) in [5.74, 6) is 0.0134. The van der Waals surface area contributed by atoms with Gasteiger partial charge in [0.2, 0.25) is 0 Å². The van der Waals surface area contributed by atoms with Crippen LogP contribution in [0.4, 0.5) is 5.69 Å². The fraction of sp³-hybridized carbons (Fsp3) is 0.500. The van der Waals surface area contributed by atoms with Gasteiger partial charge in [-0.1, -0.05) is 48.0 Å². The van der Waals surface area contributed by atoms with Gasteiger partial charge in [-0.25, -0.2) is 4.79 Å². The molecule has 1 N–H and O–H groups in total. The van der Waals surface area contributed by atoms with Gasteiger partial charge in [0.05, 0.1) is 12.3 Å². The van der Waals surface area contributed by atoms with Gasteiger partial charge in [-0.15, -0.1) is 0 Å². The fourth-order valence-electron chi connectivity index (χ4n) is 5.70. The van der Waals surface area contributed by atoms with E-state index < -0.39 is 7.26 Å². The maximum atomic E-state index is 13.8. The summed E-state index contributed by atoms with van der Waals surface area (Å²) in [5, 5.41) is 2.96. The number of amides is 1. The van der Waals surface area contributed by atoms with Gasteiger partial charge in [-0.2, -0.15) is 0 Å². The Balaban J connectivity index is 1.54. The van der Waals surface area contributed by atoms with E-state index >= 15 is 0 Å². The molecule has 4 rings (SSSR count). The summed E-state index contributed by atoms with van der Waals surface area (Å²) < 4.78 is 5.73. The average Bonchev–Trinajstić information content (AvgIpc) is 3.61.